The Morgan fingerprint density at radius 3 is 2.63 bits per heavy atom. The van der Waals surface area contributed by atoms with Gasteiger partial charge in [-0.15, -0.1) is 0 Å². The van der Waals surface area contributed by atoms with Gasteiger partial charge in [0.1, 0.15) is 0 Å². The third kappa shape index (κ3) is 2.54. The van der Waals surface area contributed by atoms with Gasteiger partial charge in [0, 0.05) is 6.04 Å². The van der Waals surface area contributed by atoms with E-state index in [0.29, 0.717) is 12.0 Å². The molecule has 19 heavy (non-hydrogen) atoms. The molecule has 0 aliphatic rings. The summed E-state index contributed by atoms with van der Waals surface area (Å²) in [6.45, 7) is 5.48. The lowest BCUT2D eigenvalue weighted by molar-refractivity contribution is -0.141. The summed E-state index contributed by atoms with van der Waals surface area (Å²) in [6, 6.07) is 5.36. The molecule has 0 amide bonds. The summed E-state index contributed by atoms with van der Waals surface area (Å²) in [5.74, 6) is -1.66. The number of hydrogen-bond donors (Lipinski definition) is 1. The first-order chi connectivity index (χ1) is 8.90. The first-order valence-corrected chi connectivity index (χ1v) is 6.27. The summed E-state index contributed by atoms with van der Waals surface area (Å²) >= 11 is 0. The summed E-state index contributed by atoms with van der Waals surface area (Å²) in [7, 11) is 0. The maximum absolute atomic E-state index is 11.7. The third-order valence-corrected chi connectivity index (χ3v) is 3.16. The van der Waals surface area contributed by atoms with E-state index < -0.39 is 11.9 Å². The monoisotopic (exact) mass is 263 g/mol. The van der Waals surface area contributed by atoms with Crippen molar-refractivity contribution < 1.29 is 14.3 Å². The molecule has 0 aliphatic carbocycles. The lowest BCUT2D eigenvalue weighted by Crippen LogP contribution is -2.16. The smallest absolute Gasteiger partial charge is 0.420 e. The van der Waals surface area contributed by atoms with Crippen LogP contribution in [0.2, 0.25) is 0 Å². The fourth-order valence-corrected chi connectivity index (χ4v) is 2.14. The number of rotatable bonds is 4. The van der Waals surface area contributed by atoms with Gasteiger partial charge in [0.2, 0.25) is 0 Å². The Bertz CT molecular complexity index is 666. The van der Waals surface area contributed by atoms with Gasteiger partial charge in [0.15, 0.2) is 5.58 Å². The molecule has 0 spiro atoms. The van der Waals surface area contributed by atoms with Crippen molar-refractivity contribution in [2.75, 3.05) is 0 Å². The van der Waals surface area contributed by atoms with Gasteiger partial charge in [-0.1, -0.05) is 13.0 Å². The number of carboxylic acid groups (broad SMARTS) is 1. The number of fused-ring (bicyclic) bond motifs is 1. The fourth-order valence-electron chi connectivity index (χ4n) is 2.14. The lowest BCUT2D eigenvalue weighted by Gasteiger charge is -2.08. The van der Waals surface area contributed by atoms with Crippen molar-refractivity contribution in [2.24, 2.45) is 5.92 Å². The lowest BCUT2D eigenvalue weighted by atomic mass is 10.0. The van der Waals surface area contributed by atoms with E-state index in [2.05, 4.69) is 0 Å². The molecule has 1 heterocycles. The Hall–Kier alpha value is -2.04. The molecule has 1 atom stereocenters. The average Bonchev–Trinajstić information content (AvgIpc) is 2.64. The molecule has 5 heteroatoms. The molecular weight excluding hydrogens is 246 g/mol. The van der Waals surface area contributed by atoms with Crippen LogP contribution in [0.3, 0.4) is 0 Å². The van der Waals surface area contributed by atoms with E-state index in [-0.39, 0.29) is 11.8 Å². The number of aliphatic carboxylic acids is 1. The second kappa shape index (κ2) is 4.91. The minimum atomic E-state index is -0.825. The standard InChI is InChI=1S/C14H17NO4/c1-8(2)15-11-7-10(6-9(3)13(16)17)4-5-12(11)19-14(15)18/h4-5,7-9H,6H2,1-3H3,(H,16,17). The van der Waals surface area contributed by atoms with Crippen LogP contribution in [0.4, 0.5) is 0 Å². The van der Waals surface area contributed by atoms with Crippen LogP contribution in [0.15, 0.2) is 27.4 Å². The van der Waals surface area contributed by atoms with Crippen LogP contribution in [-0.4, -0.2) is 15.6 Å². The fraction of sp³-hybridized carbons (Fsp3) is 0.429. The number of oxazole rings is 1. The first-order valence-electron chi connectivity index (χ1n) is 6.27. The van der Waals surface area contributed by atoms with Crippen molar-refractivity contribution in [1.82, 2.24) is 4.57 Å². The second-order valence-corrected chi connectivity index (χ2v) is 5.08. The molecule has 0 saturated carbocycles. The molecule has 1 aromatic carbocycles. The zero-order valence-corrected chi connectivity index (χ0v) is 11.2. The Morgan fingerprint density at radius 1 is 1.37 bits per heavy atom. The Balaban J connectivity index is 2.47. The minimum Gasteiger partial charge on any atom is -0.481 e. The molecule has 0 bridgehead atoms. The topological polar surface area (TPSA) is 72.4 Å². The second-order valence-electron chi connectivity index (χ2n) is 5.08. The summed E-state index contributed by atoms with van der Waals surface area (Å²) in [5, 5.41) is 8.93. The van der Waals surface area contributed by atoms with Gasteiger partial charge >= 0.3 is 11.7 Å². The van der Waals surface area contributed by atoms with Crippen LogP contribution in [0.5, 0.6) is 0 Å². The van der Waals surface area contributed by atoms with Gasteiger partial charge in [0.25, 0.3) is 0 Å². The SMILES string of the molecule is CC(Cc1ccc2oc(=O)n(C(C)C)c2c1)C(=O)O. The molecule has 2 rings (SSSR count). The molecule has 2 aromatic rings. The van der Waals surface area contributed by atoms with Crippen LogP contribution in [0.25, 0.3) is 11.1 Å². The number of benzene rings is 1. The van der Waals surface area contributed by atoms with E-state index in [9.17, 15) is 9.59 Å². The molecule has 102 valence electrons. The molecule has 1 unspecified atom stereocenters. The van der Waals surface area contributed by atoms with Crippen LogP contribution in [-0.2, 0) is 11.2 Å². The van der Waals surface area contributed by atoms with Crippen molar-refractivity contribution >= 4 is 17.1 Å². The van der Waals surface area contributed by atoms with Crippen molar-refractivity contribution in [1.29, 1.82) is 0 Å². The predicted octanol–water partition coefficient (Wildman–Crippen LogP) is 2.44. The van der Waals surface area contributed by atoms with E-state index in [1.54, 1.807) is 23.6 Å². The summed E-state index contributed by atoms with van der Waals surface area (Å²) < 4.78 is 6.73. The molecule has 0 fully saturated rings. The summed E-state index contributed by atoms with van der Waals surface area (Å²) in [4.78, 5) is 22.6. The maximum atomic E-state index is 11.7. The van der Waals surface area contributed by atoms with E-state index in [4.69, 9.17) is 9.52 Å². The quantitative estimate of drug-likeness (QED) is 0.919. The van der Waals surface area contributed by atoms with Crippen LogP contribution < -0.4 is 5.76 Å². The van der Waals surface area contributed by atoms with E-state index >= 15 is 0 Å². The van der Waals surface area contributed by atoms with Crippen molar-refractivity contribution in [3.05, 3.63) is 34.3 Å². The van der Waals surface area contributed by atoms with Crippen LogP contribution >= 0.6 is 0 Å². The van der Waals surface area contributed by atoms with Crippen molar-refractivity contribution in [3.63, 3.8) is 0 Å². The van der Waals surface area contributed by atoms with E-state index in [1.165, 1.54) is 0 Å². The maximum Gasteiger partial charge on any atom is 0.420 e. The molecule has 5 nitrogen and oxygen atoms in total. The Kier molecular flexibility index (Phi) is 3.46. The van der Waals surface area contributed by atoms with Crippen molar-refractivity contribution in [2.45, 2.75) is 33.2 Å². The minimum absolute atomic E-state index is 0.000831. The third-order valence-electron chi connectivity index (χ3n) is 3.16. The number of carboxylic acids is 1. The normalized spacial score (nSPS) is 13.1. The molecule has 0 radical (unpaired) electrons. The first kappa shape index (κ1) is 13.4. The molecule has 0 saturated heterocycles. The summed E-state index contributed by atoms with van der Waals surface area (Å²) in [5.41, 5.74) is 2.14. The van der Waals surface area contributed by atoms with Crippen molar-refractivity contribution in [3.8, 4) is 0 Å². The highest BCUT2D eigenvalue weighted by atomic mass is 16.4. The zero-order valence-electron chi connectivity index (χ0n) is 11.2. The Morgan fingerprint density at radius 2 is 2.05 bits per heavy atom. The van der Waals surface area contributed by atoms with E-state index in [0.717, 1.165) is 11.1 Å². The number of carbonyl (C=O) groups is 1. The van der Waals surface area contributed by atoms with Crippen LogP contribution in [0.1, 0.15) is 32.4 Å². The van der Waals surface area contributed by atoms with E-state index in [1.807, 2.05) is 19.9 Å². The van der Waals surface area contributed by atoms with Gasteiger partial charge in [-0.3, -0.25) is 9.36 Å². The van der Waals surface area contributed by atoms with Gasteiger partial charge in [0.05, 0.1) is 11.4 Å². The van der Waals surface area contributed by atoms with Crippen LogP contribution in [0, 0.1) is 5.92 Å². The average molecular weight is 263 g/mol. The highest BCUT2D eigenvalue weighted by molar-refractivity contribution is 5.75. The number of hydrogen-bond acceptors (Lipinski definition) is 3. The van der Waals surface area contributed by atoms with Gasteiger partial charge in [-0.25, -0.2) is 4.79 Å². The largest absolute Gasteiger partial charge is 0.481 e. The number of nitrogens with zero attached hydrogens (tertiary/aromatic N) is 1. The van der Waals surface area contributed by atoms with Gasteiger partial charge < -0.3 is 9.52 Å². The highest BCUT2D eigenvalue weighted by Gasteiger charge is 2.15. The number of aromatic nitrogens is 1. The zero-order chi connectivity index (χ0) is 14.2. The summed E-state index contributed by atoms with van der Waals surface area (Å²) in [6.07, 6.45) is 0.433. The molecule has 1 N–H and O–H groups in total. The highest BCUT2D eigenvalue weighted by Crippen LogP contribution is 2.20. The van der Waals surface area contributed by atoms with Gasteiger partial charge in [-0.2, -0.15) is 0 Å². The molecule has 0 aliphatic heterocycles. The predicted molar refractivity (Wildman–Crippen MR) is 71.4 cm³/mol. The van der Waals surface area contributed by atoms with Gasteiger partial charge in [-0.05, 0) is 38.0 Å². The molecular formula is C14H17NO4. The Labute approximate surface area is 110 Å². The molecule has 1 aromatic heterocycles.